The van der Waals surface area contributed by atoms with Gasteiger partial charge in [-0.25, -0.2) is 0 Å². The fraction of sp³-hybridized carbons (Fsp3) is 0. The van der Waals surface area contributed by atoms with Crippen LogP contribution in [0.2, 0.25) is 0 Å². The van der Waals surface area contributed by atoms with Crippen LogP contribution in [0, 0.1) is 0 Å². The van der Waals surface area contributed by atoms with E-state index in [0.29, 0.717) is 0 Å². The number of hydrogen-bond acceptors (Lipinski definition) is 0. The predicted molar refractivity (Wildman–Crippen MR) is 0 cm³/mol. The molecule has 0 aliphatic rings. The summed E-state index contributed by atoms with van der Waals surface area (Å²) >= 11 is 0. The molecule has 0 bridgehead atoms. The van der Waals surface area contributed by atoms with Crippen LogP contribution in [0.4, 0.5) is 0 Å². The second kappa shape index (κ2) is 31.1. The van der Waals surface area contributed by atoms with E-state index in [1.165, 1.54) is 0 Å². The first kappa shape index (κ1) is 49.9. The third-order valence-electron chi connectivity index (χ3n) is 0. The summed E-state index contributed by atoms with van der Waals surface area (Å²) < 4.78 is 0. The summed E-state index contributed by atoms with van der Waals surface area (Å²) in [5.41, 5.74) is 0. The fourth-order valence-corrected chi connectivity index (χ4v) is 0. The standard InChI is InChI=1S/3Fe.2Ni. The molecule has 5 heteroatoms. The molecule has 0 radical (unpaired) electrons. The van der Waals surface area contributed by atoms with Crippen LogP contribution < -0.4 is 0 Å². The van der Waals surface area contributed by atoms with Crippen molar-refractivity contribution in [1.29, 1.82) is 0 Å². The first-order valence-electron chi connectivity index (χ1n) is 0. The van der Waals surface area contributed by atoms with Crippen molar-refractivity contribution < 1.29 is 84.2 Å². The van der Waals surface area contributed by atoms with Gasteiger partial charge in [-0.2, -0.15) is 0 Å². The van der Waals surface area contributed by atoms with Gasteiger partial charge in [0.2, 0.25) is 0 Å². The van der Waals surface area contributed by atoms with E-state index < -0.39 is 0 Å². The molecule has 0 heterocycles. The minimum absolute atomic E-state index is 0. The first-order chi connectivity index (χ1) is 0. The molecule has 0 N–H and O–H groups in total. The monoisotopic (exact) mass is 284 g/mol. The Kier molecular flexibility index (Phi) is 310. The number of hydrogen-bond donors (Lipinski definition) is 0. The van der Waals surface area contributed by atoms with Crippen LogP contribution in [0.3, 0.4) is 0 Å². The largest absolute Gasteiger partial charge is 0 e. The Morgan fingerprint density at radius 2 is 0.400 bits per heavy atom. The Balaban J connectivity index is 0. The van der Waals surface area contributed by atoms with Crippen LogP contribution in [0.15, 0.2) is 0 Å². The Bertz CT molecular complexity index is 4.85. The Morgan fingerprint density at radius 1 is 0.400 bits per heavy atom. The van der Waals surface area contributed by atoms with Gasteiger partial charge in [-0.1, -0.05) is 0 Å². The van der Waals surface area contributed by atoms with Gasteiger partial charge in [0.25, 0.3) is 0 Å². The zero-order valence-corrected chi connectivity index (χ0v) is 6.98. The molecule has 0 spiro atoms. The van der Waals surface area contributed by atoms with Crippen molar-refractivity contribution in [2.24, 2.45) is 0 Å². The average Bonchev–Trinajstić information content (AvgIpc) is 0. The molecule has 0 saturated heterocycles. The first-order valence-corrected chi connectivity index (χ1v) is 0. The summed E-state index contributed by atoms with van der Waals surface area (Å²) in [6, 6.07) is 0. The minimum atomic E-state index is 0. The topological polar surface area (TPSA) is 0 Å². The summed E-state index contributed by atoms with van der Waals surface area (Å²) in [5.74, 6) is 0. The molecule has 0 aromatic carbocycles. The molecule has 0 aliphatic heterocycles. The van der Waals surface area contributed by atoms with Crippen LogP contribution in [-0.2, 0) is 84.2 Å². The van der Waals surface area contributed by atoms with Crippen molar-refractivity contribution in [2.75, 3.05) is 0 Å². The van der Waals surface area contributed by atoms with E-state index in [-0.39, 0.29) is 84.2 Å². The van der Waals surface area contributed by atoms with E-state index in [4.69, 9.17) is 0 Å². The van der Waals surface area contributed by atoms with Crippen molar-refractivity contribution in [3.05, 3.63) is 0 Å². The Morgan fingerprint density at radius 3 is 0.400 bits per heavy atom. The van der Waals surface area contributed by atoms with Gasteiger partial charge in [-0.3, -0.25) is 0 Å². The second-order valence-electron chi connectivity index (χ2n) is 0. The molecular weight excluding hydrogens is 285 g/mol. The molecule has 0 aromatic heterocycles. The van der Waals surface area contributed by atoms with Gasteiger partial charge in [0.05, 0.1) is 0 Å². The molecule has 44 valence electrons. The van der Waals surface area contributed by atoms with Gasteiger partial charge in [0.1, 0.15) is 0 Å². The van der Waals surface area contributed by atoms with E-state index >= 15 is 0 Å². The molecular formula is Fe3Ni2. The molecule has 0 unspecified atom stereocenters. The van der Waals surface area contributed by atoms with Gasteiger partial charge >= 0.3 is 0 Å². The van der Waals surface area contributed by atoms with E-state index in [1.807, 2.05) is 0 Å². The SMILES string of the molecule is [Fe].[Fe].[Fe].[Ni].[Ni]. The van der Waals surface area contributed by atoms with Crippen molar-refractivity contribution in [3.63, 3.8) is 0 Å². The van der Waals surface area contributed by atoms with Gasteiger partial charge in [0.15, 0.2) is 0 Å². The van der Waals surface area contributed by atoms with E-state index in [0.717, 1.165) is 0 Å². The van der Waals surface area contributed by atoms with Crippen LogP contribution >= 0.6 is 0 Å². The fourth-order valence-electron chi connectivity index (χ4n) is 0. The average molecular weight is 285 g/mol. The maximum absolute atomic E-state index is 0. The van der Waals surface area contributed by atoms with Crippen molar-refractivity contribution in [3.8, 4) is 0 Å². The summed E-state index contributed by atoms with van der Waals surface area (Å²) in [6.45, 7) is 0. The van der Waals surface area contributed by atoms with Crippen LogP contribution in [0.5, 0.6) is 0 Å². The third-order valence-corrected chi connectivity index (χ3v) is 0. The van der Waals surface area contributed by atoms with Gasteiger partial charge in [-0.15, -0.1) is 0 Å². The van der Waals surface area contributed by atoms with Gasteiger partial charge in [-0.05, 0) is 0 Å². The Labute approximate surface area is 83.2 Å². The van der Waals surface area contributed by atoms with E-state index in [1.54, 1.807) is 0 Å². The molecule has 0 amide bonds. The minimum Gasteiger partial charge on any atom is 0 e. The van der Waals surface area contributed by atoms with Crippen molar-refractivity contribution >= 4 is 0 Å². The molecule has 0 rings (SSSR count). The number of rotatable bonds is 0. The van der Waals surface area contributed by atoms with Crippen molar-refractivity contribution in [2.45, 2.75) is 0 Å². The van der Waals surface area contributed by atoms with E-state index in [9.17, 15) is 0 Å². The van der Waals surface area contributed by atoms with Crippen molar-refractivity contribution in [1.82, 2.24) is 0 Å². The maximum atomic E-state index is 0. The molecule has 5 heavy (non-hydrogen) atoms. The Hall–Kier alpha value is 2.55. The van der Waals surface area contributed by atoms with Crippen LogP contribution in [-0.4, -0.2) is 0 Å². The molecule has 0 saturated carbocycles. The second-order valence-corrected chi connectivity index (χ2v) is 0. The normalized spacial score (nSPS) is 0. The maximum Gasteiger partial charge on any atom is 0 e. The third kappa shape index (κ3) is 20.9. The van der Waals surface area contributed by atoms with Gasteiger partial charge in [0, 0.05) is 84.2 Å². The molecule has 0 atom stereocenters. The molecule has 0 aliphatic carbocycles. The zero-order valence-electron chi connectivity index (χ0n) is 1.69. The summed E-state index contributed by atoms with van der Waals surface area (Å²) in [5, 5.41) is 0. The molecule has 0 nitrogen and oxygen atoms in total. The van der Waals surface area contributed by atoms with Crippen LogP contribution in [0.25, 0.3) is 0 Å². The molecule has 0 fully saturated rings. The van der Waals surface area contributed by atoms with Crippen LogP contribution in [0.1, 0.15) is 0 Å². The zero-order chi connectivity index (χ0) is 0. The predicted octanol–water partition coefficient (Wildman–Crippen LogP) is -0.0125. The summed E-state index contributed by atoms with van der Waals surface area (Å²) in [6.07, 6.45) is 0. The quantitative estimate of drug-likeness (QED) is 0.549. The smallest absolute Gasteiger partial charge is 0 e. The van der Waals surface area contributed by atoms with E-state index in [2.05, 4.69) is 0 Å². The summed E-state index contributed by atoms with van der Waals surface area (Å²) in [4.78, 5) is 0. The van der Waals surface area contributed by atoms with Gasteiger partial charge < -0.3 is 0 Å². The summed E-state index contributed by atoms with van der Waals surface area (Å²) in [7, 11) is 0. The molecule has 0 aromatic rings.